The lowest BCUT2D eigenvalue weighted by Gasteiger charge is -2.31. The molecule has 1 N–H and O–H groups in total. The van der Waals surface area contributed by atoms with Gasteiger partial charge in [-0.3, -0.25) is 9.59 Å². The van der Waals surface area contributed by atoms with Crippen molar-refractivity contribution in [1.82, 2.24) is 4.90 Å². The third kappa shape index (κ3) is 4.94. The summed E-state index contributed by atoms with van der Waals surface area (Å²) in [4.78, 5) is 28.3. The molecule has 2 atom stereocenters. The van der Waals surface area contributed by atoms with E-state index in [4.69, 9.17) is 14.2 Å². The van der Waals surface area contributed by atoms with Gasteiger partial charge in [0.15, 0.2) is 6.10 Å². The zero-order chi connectivity index (χ0) is 24.9. The van der Waals surface area contributed by atoms with Crippen molar-refractivity contribution in [3.63, 3.8) is 0 Å². The Kier molecular flexibility index (Phi) is 7.25. The Bertz CT molecular complexity index is 1190. The first-order valence-electron chi connectivity index (χ1n) is 11.6. The highest BCUT2D eigenvalue weighted by molar-refractivity contribution is 6.08. The number of hydrogen-bond donors (Lipinski definition) is 1. The van der Waals surface area contributed by atoms with Gasteiger partial charge in [0.1, 0.15) is 22.8 Å². The number of nitrogens with zero attached hydrogens (tertiary/aromatic N) is 1. The quantitative estimate of drug-likeness (QED) is 0.508. The number of anilines is 1. The minimum absolute atomic E-state index is 0.0683. The molecule has 3 aromatic carbocycles. The molecule has 0 saturated carbocycles. The second-order valence-corrected chi connectivity index (χ2v) is 8.38. The summed E-state index contributed by atoms with van der Waals surface area (Å²) in [6.07, 6.45) is 0.147. The van der Waals surface area contributed by atoms with Crippen LogP contribution < -0.4 is 19.5 Å². The number of amides is 2. The predicted molar refractivity (Wildman–Crippen MR) is 134 cm³/mol. The molecule has 0 aromatic heterocycles. The molecule has 0 radical (unpaired) electrons. The lowest BCUT2D eigenvalue weighted by Crippen LogP contribution is -2.40. The largest absolute Gasteiger partial charge is 0.496 e. The van der Waals surface area contributed by atoms with E-state index in [1.54, 1.807) is 37.3 Å². The molecule has 0 bridgehead atoms. The van der Waals surface area contributed by atoms with Gasteiger partial charge in [-0.05, 0) is 49.2 Å². The molecule has 0 saturated heterocycles. The Morgan fingerprint density at radius 3 is 2.37 bits per heavy atom. The van der Waals surface area contributed by atoms with Crippen LogP contribution in [0.3, 0.4) is 0 Å². The van der Waals surface area contributed by atoms with Gasteiger partial charge in [-0.2, -0.15) is 0 Å². The average molecular weight is 475 g/mol. The van der Waals surface area contributed by atoms with Crippen LogP contribution in [0.4, 0.5) is 5.69 Å². The van der Waals surface area contributed by atoms with E-state index in [-0.39, 0.29) is 17.9 Å². The molecule has 4 rings (SSSR count). The highest BCUT2D eigenvalue weighted by Crippen LogP contribution is 2.35. The summed E-state index contributed by atoms with van der Waals surface area (Å²) in [6.45, 7) is 4.21. The molecule has 0 spiro atoms. The molecule has 1 aliphatic rings. The first-order chi connectivity index (χ1) is 17.0. The first kappa shape index (κ1) is 24.1. The Morgan fingerprint density at radius 1 is 1.06 bits per heavy atom. The van der Waals surface area contributed by atoms with Crippen molar-refractivity contribution in [2.24, 2.45) is 0 Å². The van der Waals surface area contributed by atoms with Gasteiger partial charge in [-0.15, -0.1) is 0 Å². The SMILES string of the molecule is CC[C@@H](c1ccccc1)N1Cc2cc(NC(=O)c3c(OC)cccc3OC)ccc2O[C@@H](C)C1=O. The molecule has 1 aliphatic heterocycles. The molecule has 7 heteroatoms. The van der Waals surface area contributed by atoms with Crippen molar-refractivity contribution in [2.75, 3.05) is 19.5 Å². The normalized spacial score (nSPS) is 15.9. The molecule has 35 heavy (non-hydrogen) atoms. The molecule has 7 nitrogen and oxygen atoms in total. The Balaban J connectivity index is 1.65. The lowest BCUT2D eigenvalue weighted by atomic mass is 10.0. The van der Waals surface area contributed by atoms with Gasteiger partial charge in [0.25, 0.3) is 11.8 Å². The van der Waals surface area contributed by atoms with E-state index in [1.165, 1.54) is 14.2 Å². The van der Waals surface area contributed by atoms with Gasteiger partial charge in [-0.1, -0.05) is 43.3 Å². The minimum atomic E-state index is -0.618. The van der Waals surface area contributed by atoms with Gasteiger partial charge < -0.3 is 24.4 Å². The topological polar surface area (TPSA) is 77.1 Å². The van der Waals surface area contributed by atoms with Crippen molar-refractivity contribution in [3.05, 3.63) is 83.4 Å². The van der Waals surface area contributed by atoms with Crippen molar-refractivity contribution < 1.29 is 23.8 Å². The Labute approximate surface area is 205 Å². The summed E-state index contributed by atoms with van der Waals surface area (Å²) in [6, 6.07) is 20.5. The zero-order valence-electron chi connectivity index (χ0n) is 20.4. The van der Waals surface area contributed by atoms with E-state index in [1.807, 2.05) is 41.3 Å². The zero-order valence-corrected chi connectivity index (χ0v) is 20.4. The number of benzene rings is 3. The first-order valence-corrected chi connectivity index (χ1v) is 11.6. The number of nitrogens with one attached hydrogen (secondary N) is 1. The van der Waals surface area contributed by atoms with E-state index >= 15 is 0 Å². The monoisotopic (exact) mass is 474 g/mol. The smallest absolute Gasteiger partial charge is 0.264 e. The van der Waals surface area contributed by atoms with Crippen LogP contribution in [0.1, 0.15) is 47.8 Å². The second kappa shape index (κ2) is 10.5. The van der Waals surface area contributed by atoms with E-state index in [0.717, 1.165) is 17.5 Å². The van der Waals surface area contributed by atoms with E-state index in [2.05, 4.69) is 12.2 Å². The summed E-state index contributed by atoms with van der Waals surface area (Å²) in [5, 5.41) is 2.93. The van der Waals surface area contributed by atoms with Crippen molar-refractivity contribution in [3.8, 4) is 17.2 Å². The molecule has 1 heterocycles. The standard InChI is InChI=1S/C28H30N2O5/c1-5-22(19-10-7-6-8-11-19)30-17-20-16-21(14-15-23(20)35-18(2)28(30)32)29-27(31)26-24(33-3)12-9-13-25(26)34-4/h6-16,18,22H,5,17H2,1-4H3,(H,29,31)/t18-,22-/m0/s1. The summed E-state index contributed by atoms with van der Waals surface area (Å²) < 4.78 is 16.7. The third-order valence-corrected chi connectivity index (χ3v) is 6.20. The van der Waals surface area contributed by atoms with Crippen molar-refractivity contribution in [2.45, 2.75) is 39.0 Å². The van der Waals surface area contributed by atoms with Gasteiger partial charge in [0.2, 0.25) is 0 Å². The summed E-state index contributed by atoms with van der Waals surface area (Å²) >= 11 is 0. The van der Waals surface area contributed by atoms with Crippen LogP contribution in [-0.4, -0.2) is 37.0 Å². The number of methoxy groups -OCH3 is 2. The molecule has 0 unspecified atom stereocenters. The molecular weight excluding hydrogens is 444 g/mol. The van der Waals surface area contributed by atoms with Crippen molar-refractivity contribution in [1.29, 1.82) is 0 Å². The van der Waals surface area contributed by atoms with Gasteiger partial charge in [0, 0.05) is 11.3 Å². The number of ether oxygens (including phenoxy) is 3. The van der Waals surface area contributed by atoms with Crippen LogP contribution in [0, 0.1) is 0 Å². The number of fused-ring (bicyclic) bond motifs is 1. The minimum Gasteiger partial charge on any atom is -0.496 e. The van der Waals surface area contributed by atoms with Gasteiger partial charge >= 0.3 is 0 Å². The van der Waals surface area contributed by atoms with Gasteiger partial charge in [-0.25, -0.2) is 0 Å². The molecular formula is C28H30N2O5. The molecule has 0 fully saturated rings. The van der Waals surface area contributed by atoms with Gasteiger partial charge in [0.05, 0.1) is 26.8 Å². The second-order valence-electron chi connectivity index (χ2n) is 8.38. The Hall–Kier alpha value is -4.00. The summed E-state index contributed by atoms with van der Waals surface area (Å²) in [5.41, 5.74) is 2.79. The maximum atomic E-state index is 13.3. The summed E-state index contributed by atoms with van der Waals surface area (Å²) in [7, 11) is 3.02. The Morgan fingerprint density at radius 2 is 1.74 bits per heavy atom. The highest BCUT2D eigenvalue weighted by Gasteiger charge is 2.33. The molecule has 0 aliphatic carbocycles. The van der Waals surface area contributed by atoms with Crippen LogP contribution in [-0.2, 0) is 11.3 Å². The number of hydrogen-bond acceptors (Lipinski definition) is 5. The third-order valence-electron chi connectivity index (χ3n) is 6.20. The number of carbonyl (C=O) groups excluding carboxylic acids is 2. The maximum absolute atomic E-state index is 13.3. The predicted octanol–water partition coefficient (Wildman–Crippen LogP) is 5.22. The van der Waals surface area contributed by atoms with Crippen LogP contribution in [0.5, 0.6) is 17.2 Å². The fraction of sp³-hybridized carbons (Fsp3) is 0.286. The van der Waals surface area contributed by atoms with E-state index < -0.39 is 6.10 Å². The summed E-state index contributed by atoms with van der Waals surface area (Å²) in [5.74, 6) is 1.04. The molecule has 2 amide bonds. The van der Waals surface area contributed by atoms with Crippen LogP contribution in [0.15, 0.2) is 66.7 Å². The highest BCUT2D eigenvalue weighted by atomic mass is 16.5. The van der Waals surface area contributed by atoms with Crippen molar-refractivity contribution >= 4 is 17.5 Å². The maximum Gasteiger partial charge on any atom is 0.264 e. The fourth-order valence-corrected chi connectivity index (χ4v) is 4.48. The average Bonchev–Trinajstić information content (AvgIpc) is 3.00. The van der Waals surface area contributed by atoms with E-state index in [0.29, 0.717) is 35.0 Å². The number of carbonyl (C=O) groups is 2. The van der Waals surface area contributed by atoms with Crippen LogP contribution in [0.2, 0.25) is 0 Å². The number of rotatable bonds is 7. The molecule has 3 aromatic rings. The van der Waals surface area contributed by atoms with Crippen LogP contribution in [0.25, 0.3) is 0 Å². The molecule has 182 valence electrons. The van der Waals surface area contributed by atoms with Crippen LogP contribution >= 0.6 is 0 Å². The fourth-order valence-electron chi connectivity index (χ4n) is 4.48. The van der Waals surface area contributed by atoms with E-state index in [9.17, 15) is 9.59 Å². The lowest BCUT2D eigenvalue weighted by molar-refractivity contribution is -0.140.